The highest BCUT2D eigenvalue weighted by atomic mass is 16.6. The zero-order valence-electron chi connectivity index (χ0n) is 24.0. The van der Waals surface area contributed by atoms with Crippen molar-refractivity contribution in [1.29, 1.82) is 0 Å². The number of carbonyl (C=O) groups excluding carboxylic acids is 4. The number of hydrogen-bond donors (Lipinski definition) is 2. The summed E-state index contributed by atoms with van der Waals surface area (Å²) in [6.07, 6.45) is 3.91. The average molecular weight is 558 g/mol. The highest BCUT2D eigenvalue weighted by molar-refractivity contribution is 6.01. The minimum atomic E-state index is -1.13. The van der Waals surface area contributed by atoms with E-state index < -0.39 is 41.4 Å². The molecular weight excluding hydrogens is 518 g/mol. The van der Waals surface area contributed by atoms with E-state index in [-0.39, 0.29) is 12.3 Å². The predicted molar refractivity (Wildman–Crippen MR) is 150 cm³/mol. The van der Waals surface area contributed by atoms with Gasteiger partial charge in [-0.1, -0.05) is 13.8 Å². The van der Waals surface area contributed by atoms with E-state index in [0.29, 0.717) is 29.8 Å². The average Bonchev–Trinajstić information content (AvgIpc) is 2.88. The standard InChI is InChI=1S/C20H30N2O5.C9H9NO3/c1-13(2)10-15(11-17(23)27-20(4,5)6)18(24)22(14(3)19(25)26)16-8-7-9-21-12-16;1-13-9(12)7-2-4-8(5-3-7)10-6-11/h7-9,12-15H,10-11H2,1-6H3,(H,25,26);2-6H,1H3,(H,10,11)/t14-,15?;/m0./s1. The molecule has 2 rings (SSSR count). The Morgan fingerprint density at radius 3 is 2.15 bits per heavy atom. The van der Waals surface area contributed by atoms with Gasteiger partial charge in [-0.2, -0.15) is 0 Å². The minimum Gasteiger partial charge on any atom is -0.480 e. The van der Waals surface area contributed by atoms with E-state index in [2.05, 4.69) is 15.0 Å². The highest BCUT2D eigenvalue weighted by Crippen LogP contribution is 2.25. The van der Waals surface area contributed by atoms with Crippen LogP contribution in [0.2, 0.25) is 0 Å². The molecule has 1 aromatic carbocycles. The van der Waals surface area contributed by atoms with Crippen molar-refractivity contribution in [3.05, 3.63) is 54.4 Å². The lowest BCUT2D eigenvalue weighted by atomic mass is 9.92. The lowest BCUT2D eigenvalue weighted by Crippen LogP contribution is -2.47. The molecule has 0 aliphatic carbocycles. The first-order chi connectivity index (χ1) is 18.7. The van der Waals surface area contributed by atoms with Gasteiger partial charge in [-0.05, 0) is 76.4 Å². The Hall–Kier alpha value is -4.28. The first kappa shape index (κ1) is 33.7. The molecule has 2 aromatic rings. The van der Waals surface area contributed by atoms with Crippen LogP contribution in [0.25, 0.3) is 0 Å². The summed E-state index contributed by atoms with van der Waals surface area (Å²) in [4.78, 5) is 63.3. The van der Waals surface area contributed by atoms with Gasteiger partial charge in [-0.15, -0.1) is 0 Å². The van der Waals surface area contributed by atoms with E-state index in [1.54, 1.807) is 63.4 Å². The highest BCUT2D eigenvalue weighted by Gasteiger charge is 2.34. The van der Waals surface area contributed by atoms with Crippen molar-refractivity contribution >= 4 is 41.6 Å². The maximum Gasteiger partial charge on any atom is 0.337 e. The maximum absolute atomic E-state index is 13.3. The van der Waals surface area contributed by atoms with Crippen LogP contribution < -0.4 is 10.2 Å². The largest absolute Gasteiger partial charge is 0.480 e. The number of carboxylic acid groups (broad SMARTS) is 1. The van der Waals surface area contributed by atoms with Gasteiger partial charge in [-0.25, -0.2) is 9.59 Å². The SMILES string of the molecule is CC(C)CC(CC(=O)OC(C)(C)C)C(=O)N(c1cccnc1)[C@@H](C)C(=O)O.COC(=O)c1ccc(NC=O)cc1. The van der Waals surface area contributed by atoms with E-state index in [9.17, 15) is 29.1 Å². The summed E-state index contributed by atoms with van der Waals surface area (Å²) >= 11 is 0. The molecule has 11 heteroatoms. The molecule has 0 saturated carbocycles. The van der Waals surface area contributed by atoms with Crippen LogP contribution in [0.4, 0.5) is 11.4 Å². The van der Waals surface area contributed by atoms with Crippen LogP contribution in [-0.4, -0.2) is 59.1 Å². The van der Waals surface area contributed by atoms with Crippen LogP contribution in [0, 0.1) is 11.8 Å². The molecule has 0 radical (unpaired) electrons. The number of methoxy groups -OCH3 is 1. The molecule has 11 nitrogen and oxygen atoms in total. The number of pyridine rings is 1. The number of esters is 2. The molecular formula is C29H39N3O8. The second kappa shape index (κ2) is 16.0. The first-order valence-electron chi connectivity index (χ1n) is 12.8. The molecule has 0 bridgehead atoms. The molecule has 0 saturated heterocycles. The smallest absolute Gasteiger partial charge is 0.337 e. The molecule has 1 unspecified atom stereocenters. The number of anilines is 2. The van der Waals surface area contributed by atoms with Gasteiger partial charge in [0.15, 0.2) is 0 Å². The molecule has 0 aliphatic rings. The number of aliphatic carboxylic acids is 1. The summed E-state index contributed by atoms with van der Waals surface area (Å²) < 4.78 is 9.86. The quantitative estimate of drug-likeness (QED) is 0.304. The summed E-state index contributed by atoms with van der Waals surface area (Å²) in [7, 11) is 1.32. The number of nitrogens with one attached hydrogen (secondary N) is 1. The fraction of sp³-hybridized carbons (Fsp3) is 0.448. The monoisotopic (exact) mass is 557 g/mol. The van der Waals surface area contributed by atoms with Gasteiger partial charge in [-0.3, -0.25) is 24.3 Å². The van der Waals surface area contributed by atoms with Gasteiger partial charge in [0.2, 0.25) is 12.3 Å². The van der Waals surface area contributed by atoms with Crippen molar-refractivity contribution in [3.8, 4) is 0 Å². The lowest BCUT2D eigenvalue weighted by Gasteiger charge is -2.31. The van der Waals surface area contributed by atoms with Crippen LogP contribution >= 0.6 is 0 Å². The third-order valence-corrected chi connectivity index (χ3v) is 5.38. The summed E-state index contributed by atoms with van der Waals surface area (Å²) in [5.74, 6) is -2.95. The van der Waals surface area contributed by atoms with Crippen molar-refractivity contribution < 1.29 is 38.6 Å². The van der Waals surface area contributed by atoms with Crippen LogP contribution in [0.15, 0.2) is 48.8 Å². The van der Waals surface area contributed by atoms with Crippen LogP contribution in [0.5, 0.6) is 0 Å². The summed E-state index contributed by atoms with van der Waals surface area (Å²) in [5.41, 5.74) is 0.830. The fourth-order valence-electron chi connectivity index (χ4n) is 3.66. The molecule has 2 amide bonds. The number of carbonyl (C=O) groups is 5. The van der Waals surface area contributed by atoms with E-state index in [4.69, 9.17) is 4.74 Å². The Morgan fingerprint density at radius 1 is 1.07 bits per heavy atom. The summed E-state index contributed by atoms with van der Waals surface area (Å²) in [5, 5.41) is 11.9. The fourth-order valence-corrected chi connectivity index (χ4v) is 3.66. The zero-order valence-corrected chi connectivity index (χ0v) is 24.0. The Balaban J connectivity index is 0.000000512. The van der Waals surface area contributed by atoms with E-state index in [1.807, 2.05) is 13.8 Å². The third kappa shape index (κ3) is 11.6. The molecule has 0 aliphatic heterocycles. The maximum atomic E-state index is 13.3. The van der Waals surface area contributed by atoms with Gasteiger partial charge < -0.3 is 19.9 Å². The number of nitrogens with zero attached hydrogens (tertiary/aromatic N) is 2. The van der Waals surface area contributed by atoms with E-state index in [1.165, 1.54) is 25.1 Å². The number of amides is 2. The molecule has 0 spiro atoms. The summed E-state index contributed by atoms with van der Waals surface area (Å²) in [6, 6.07) is 8.59. The molecule has 0 fully saturated rings. The number of rotatable bonds is 11. The molecule has 218 valence electrons. The molecule has 1 aromatic heterocycles. The Morgan fingerprint density at radius 2 is 1.70 bits per heavy atom. The normalized spacial score (nSPS) is 12.2. The Kier molecular flexibility index (Phi) is 13.5. The number of benzene rings is 1. The van der Waals surface area contributed by atoms with Gasteiger partial charge in [0, 0.05) is 17.8 Å². The van der Waals surface area contributed by atoms with Crippen molar-refractivity contribution in [2.24, 2.45) is 11.8 Å². The first-order valence-corrected chi connectivity index (χ1v) is 12.8. The van der Waals surface area contributed by atoms with Crippen LogP contribution in [0.1, 0.15) is 64.7 Å². The van der Waals surface area contributed by atoms with Crippen molar-refractivity contribution in [2.75, 3.05) is 17.3 Å². The van der Waals surface area contributed by atoms with Gasteiger partial charge in [0.05, 0.1) is 31.0 Å². The summed E-state index contributed by atoms with van der Waals surface area (Å²) in [6.45, 7) is 10.6. The van der Waals surface area contributed by atoms with E-state index in [0.717, 1.165) is 0 Å². The second-order valence-corrected chi connectivity index (χ2v) is 10.4. The van der Waals surface area contributed by atoms with Crippen molar-refractivity contribution in [1.82, 2.24) is 4.98 Å². The molecule has 1 heterocycles. The van der Waals surface area contributed by atoms with Gasteiger partial charge in [0.25, 0.3) is 0 Å². The second-order valence-electron chi connectivity index (χ2n) is 10.4. The predicted octanol–water partition coefficient (Wildman–Crippen LogP) is 4.32. The third-order valence-electron chi connectivity index (χ3n) is 5.38. The van der Waals surface area contributed by atoms with Gasteiger partial charge in [0.1, 0.15) is 11.6 Å². The topological polar surface area (TPSA) is 152 Å². The number of aromatic nitrogens is 1. The number of ether oxygens (including phenoxy) is 2. The van der Waals surface area contributed by atoms with Crippen molar-refractivity contribution in [2.45, 2.75) is 66.0 Å². The molecule has 2 atom stereocenters. The van der Waals surface area contributed by atoms with Crippen molar-refractivity contribution in [3.63, 3.8) is 0 Å². The number of hydrogen-bond acceptors (Lipinski definition) is 8. The van der Waals surface area contributed by atoms with Gasteiger partial charge >= 0.3 is 17.9 Å². The minimum absolute atomic E-state index is 0.0998. The van der Waals surface area contributed by atoms with E-state index >= 15 is 0 Å². The lowest BCUT2D eigenvalue weighted by molar-refractivity contribution is -0.157. The van der Waals surface area contributed by atoms with Crippen LogP contribution in [0.3, 0.4) is 0 Å². The Bertz CT molecular complexity index is 1130. The van der Waals surface area contributed by atoms with Crippen LogP contribution in [-0.2, 0) is 28.7 Å². The molecule has 40 heavy (non-hydrogen) atoms. The zero-order chi connectivity index (χ0) is 30.5. The number of carboxylic acids is 1. The molecule has 2 N–H and O–H groups in total. The Labute approximate surface area is 234 Å².